The molecular formula is C15H26N2OS. The molecule has 1 heterocycles. The number of amides is 1. The standard InChI is InChI=1S/C15H26N2OS/c1-5-12-6-7-13(19-12)10-17-14(18)11(9-16)8-15(2,3)4/h6-7,11H,5,8-10,16H2,1-4H3,(H,17,18). The van der Waals surface area contributed by atoms with Crippen LogP contribution in [0.3, 0.4) is 0 Å². The molecule has 0 saturated carbocycles. The molecule has 108 valence electrons. The number of hydrogen-bond donors (Lipinski definition) is 2. The Morgan fingerprint density at radius 1 is 1.37 bits per heavy atom. The van der Waals surface area contributed by atoms with Crippen molar-refractivity contribution < 1.29 is 4.79 Å². The number of aryl methyl sites for hydroxylation is 1. The molecule has 0 fully saturated rings. The zero-order chi connectivity index (χ0) is 14.5. The molecule has 0 radical (unpaired) electrons. The van der Waals surface area contributed by atoms with Gasteiger partial charge >= 0.3 is 0 Å². The van der Waals surface area contributed by atoms with Gasteiger partial charge in [0, 0.05) is 16.3 Å². The Morgan fingerprint density at radius 3 is 2.47 bits per heavy atom. The van der Waals surface area contributed by atoms with Crippen molar-refractivity contribution in [1.29, 1.82) is 0 Å². The molecule has 3 nitrogen and oxygen atoms in total. The zero-order valence-corrected chi connectivity index (χ0v) is 13.3. The van der Waals surface area contributed by atoms with Crippen molar-refractivity contribution in [2.45, 2.75) is 47.1 Å². The predicted molar refractivity (Wildman–Crippen MR) is 82.2 cm³/mol. The average molecular weight is 282 g/mol. The van der Waals surface area contributed by atoms with Crippen LogP contribution in [-0.4, -0.2) is 12.5 Å². The molecule has 1 aromatic heterocycles. The Labute approximate surface area is 120 Å². The summed E-state index contributed by atoms with van der Waals surface area (Å²) in [5.41, 5.74) is 5.84. The highest BCUT2D eigenvalue weighted by molar-refractivity contribution is 7.11. The third-order valence-corrected chi connectivity index (χ3v) is 4.25. The highest BCUT2D eigenvalue weighted by Crippen LogP contribution is 2.24. The maximum Gasteiger partial charge on any atom is 0.224 e. The molecule has 19 heavy (non-hydrogen) atoms. The summed E-state index contributed by atoms with van der Waals surface area (Å²) in [6, 6.07) is 4.21. The number of carbonyl (C=O) groups excluding carboxylic acids is 1. The number of nitrogens with two attached hydrogens (primary N) is 1. The van der Waals surface area contributed by atoms with Gasteiger partial charge in [0.2, 0.25) is 5.91 Å². The Balaban J connectivity index is 2.48. The van der Waals surface area contributed by atoms with E-state index in [2.05, 4.69) is 45.1 Å². The third kappa shape index (κ3) is 5.74. The third-order valence-electron chi connectivity index (χ3n) is 3.02. The minimum Gasteiger partial charge on any atom is -0.351 e. The molecule has 1 amide bonds. The van der Waals surface area contributed by atoms with Gasteiger partial charge in [0.25, 0.3) is 0 Å². The van der Waals surface area contributed by atoms with E-state index in [1.807, 2.05) is 0 Å². The SMILES string of the molecule is CCc1ccc(CNC(=O)C(CN)CC(C)(C)C)s1. The second kappa shape index (κ2) is 7.06. The van der Waals surface area contributed by atoms with Gasteiger partial charge in [0.1, 0.15) is 0 Å². The van der Waals surface area contributed by atoms with Gasteiger partial charge in [0.05, 0.1) is 12.5 Å². The van der Waals surface area contributed by atoms with E-state index in [1.165, 1.54) is 9.75 Å². The lowest BCUT2D eigenvalue weighted by Crippen LogP contribution is -2.36. The molecule has 0 aliphatic carbocycles. The van der Waals surface area contributed by atoms with Crippen LogP contribution in [0.2, 0.25) is 0 Å². The van der Waals surface area contributed by atoms with Crippen LogP contribution in [0.25, 0.3) is 0 Å². The molecule has 1 unspecified atom stereocenters. The number of thiophene rings is 1. The van der Waals surface area contributed by atoms with Crippen LogP contribution in [0, 0.1) is 11.3 Å². The number of nitrogens with one attached hydrogen (secondary N) is 1. The lowest BCUT2D eigenvalue weighted by molar-refractivity contribution is -0.125. The molecular weight excluding hydrogens is 256 g/mol. The van der Waals surface area contributed by atoms with E-state index in [4.69, 9.17) is 5.73 Å². The minimum absolute atomic E-state index is 0.0730. The Morgan fingerprint density at radius 2 is 2.00 bits per heavy atom. The molecule has 0 aliphatic rings. The van der Waals surface area contributed by atoms with Gasteiger partial charge in [-0.15, -0.1) is 11.3 Å². The smallest absolute Gasteiger partial charge is 0.224 e. The second-order valence-electron chi connectivity index (χ2n) is 6.14. The minimum atomic E-state index is -0.0920. The van der Waals surface area contributed by atoms with E-state index in [9.17, 15) is 4.79 Å². The topological polar surface area (TPSA) is 55.1 Å². The van der Waals surface area contributed by atoms with Crippen LogP contribution in [0.5, 0.6) is 0 Å². The first-order valence-corrected chi connectivity index (χ1v) is 7.72. The molecule has 0 bridgehead atoms. The Hall–Kier alpha value is -0.870. The first kappa shape index (κ1) is 16.2. The van der Waals surface area contributed by atoms with Crippen molar-refractivity contribution in [3.63, 3.8) is 0 Å². The van der Waals surface area contributed by atoms with Gasteiger partial charge in [-0.1, -0.05) is 27.7 Å². The van der Waals surface area contributed by atoms with Crippen molar-refractivity contribution in [2.24, 2.45) is 17.1 Å². The fraction of sp³-hybridized carbons (Fsp3) is 0.667. The summed E-state index contributed by atoms with van der Waals surface area (Å²) < 4.78 is 0. The number of carbonyl (C=O) groups is 1. The van der Waals surface area contributed by atoms with E-state index in [-0.39, 0.29) is 17.2 Å². The first-order chi connectivity index (χ1) is 8.85. The highest BCUT2D eigenvalue weighted by atomic mass is 32.1. The van der Waals surface area contributed by atoms with Crippen LogP contribution >= 0.6 is 11.3 Å². The summed E-state index contributed by atoms with van der Waals surface area (Å²) in [7, 11) is 0. The molecule has 1 rings (SSSR count). The van der Waals surface area contributed by atoms with Crippen LogP contribution in [0.4, 0.5) is 0 Å². The van der Waals surface area contributed by atoms with Crippen molar-refractivity contribution in [2.75, 3.05) is 6.54 Å². The molecule has 0 spiro atoms. The summed E-state index contributed by atoms with van der Waals surface area (Å²) in [6.07, 6.45) is 1.87. The lowest BCUT2D eigenvalue weighted by Gasteiger charge is -2.24. The Kier molecular flexibility index (Phi) is 6.01. The number of rotatable bonds is 6. The molecule has 4 heteroatoms. The summed E-state index contributed by atoms with van der Waals surface area (Å²) in [5, 5.41) is 3.00. The summed E-state index contributed by atoms with van der Waals surface area (Å²) >= 11 is 1.76. The summed E-state index contributed by atoms with van der Waals surface area (Å²) in [4.78, 5) is 14.7. The van der Waals surface area contributed by atoms with Crippen molar-refractivity contribution in [3.05, 3.63) is 21.9 Å². The normalized spacial score (nSPS) is 13.3. The number of hydrogen-bond acceptors (Lipinski definition) is 3. The molecule has 1 atom stereocenters. The van der Waals surface area contributed by atoms with Crippen molar-refractivity contribution in [3.8, 4) is 0 Å². The zero-order valence-electron chi connectivity index (χ0n) is 12.5. The molecule has 0 aromatic carbocycles. The van der Waals surface area contributed by atoms with Gasteiger partial charge in [0.15, 0.2) is 0 Å². The van der Waals surface area contributed by atoms with E-state index in [1.54, 1.807) is 11.3 Å². The van der Waals surface area contributed by atoms with Gasteiger partial charge in [-0.25, -0.2) is 0 Å². The fourth-order valence-electron chi connectivity index (χ4n) is 2.05. The van der Waals surface area contributed by atoms with Crippen LogP contribution in [0.1, 0.15) is 43.9 Å². The Bertz CT molecular complexity index is 407. The highest BCUT2D eigenvalue weighted by Gasteiger charge is 2.23. The predicted octanol–water partition coefficient (Wildman–Crippen LogP) is 2.94. The monoisotopic (exact) mass is 282 g/mol. The van der Waals surface area contributed by atoms with Gasteiger partial charge < -0.3 is 11.1 Å². The lowest BCUT2D eigenvalue weighted by atomic mass is 9.84. The van der Waals surface area contributed by atoms with E-state index in [0.29, 0.717) is 13.1 Å². The van der Waals surface area contributed by atoms with Gasteiger partial charge in [-0.05, 0) is 30.4 Å². The van der Waals surface area contributed by atoms with Crippen LogP contribution in [-0.2, 0) is 17.8 Å². The van der Waals surface area contributed by atoms with Crippen molar-refractivity contribution >= 4 is 17.2 Å². The first-order valence-electron chi connectivity index (χ1n) is 6.91. The fourth-order valence-corrected chi connectivity index (χ4v) is 2.95. The van der Waals surface area contributed by atoms with E-state index >= 15 is 0 Å². The molecule has 0 saturated heterocycles. The van der Waals surface area contributed by atoms with Crippen LogP contribution in [0.15, 0.2) is 12.1 Å². The maximum atomic E-state index is 12.1. The van der Waals surface area contributed by atoms with Gasteiger partial charge in [-0.2, -0.15) is 0 Å². The molecule has 1 aromatic rings. The van der Waals surface area contributed by atoms with E-state index in [0.717, 1.165) is 12.8 Å². The maximum absolute atomic E-state index is 12.1. The average Bonchev–Trinajstić information content (AvgIpc) is 2.79. The largest absolute Gasteiger partial charge is 0.351 e. The molecule has 3 N–H and O–H groups in total. The summed E-state index contributed by atoms with van der Waals surface area (Å²) in [5.74, 6) is -0.0190. The quantitative estimate of drug-likeness (QED) is 0.843. The van der Waals surface area contributed by atoms with E-state index < -0.39 is 0 Å². The van der Waals surface area contributed by atoms with Crippen molar-refractivity contribution in [1.82, 2.24) is 5.32 Å². The van der Waals surface area contributed by atoms with Crippen LogP contribution < -0.4 is 11.1 Å². The summed E-state index contributed by atoms with van der Waals surface area (Å²) in [6.45, 7) is 9.57. The second-order valence-corrected chi connectivity index (χ2v) is 7.39. The molecule has 0 aliphatic heterocycles. The van der Waals surface area contributed by atoms with Gasteiger partial charge in [-0.3, -0.25) is 4.79 Å².